The number of aromatic hydroxyl groups is 1. The molecule has 1 amide bonds. The highest BCUT2D eigenvalue weighted by Gasteiger charge is 2.19. The summed E-state index contributed by atoms with van der Waals surface area (Å²) in [7, 11) is 1.52. The SMILES string of the molecule is COc1ccccc1NC(=O)c1cc2ccccc2c(N=Nc2cccc(Cl)c2)c1O. The zero-order chi connectivity index (χ0) is 21.8. The highest BCUT2D eigenvalue weighted by Crippen LogP contribution is 2.40. The number of carbonyl (C=O) groups excluding carboxylic acids is 1. The third-order valence-corrected chi connectivity index (χ3v) is 4.90. The van der Waals surface area contributed by atoms with Crippen molar-refractivity contribution in [2.45, 2.75) is 0 Å². The van der Waals surface area contributed by atoms with Crippen LogP contribution >= 0.6 is 11.6 Å². The number of benzene rings is 4. The minimum Gasteiger partial charge on any atom is -0.505 e. The first-order valence-electron chi connectivity index (χ1n) is 9.43. The molecule has 0 saturated carbocycles. The van der Waals surface area contributed by atoms with Gasteiger partial charge in [-0.05, 0) is 41.8 Å². The van der Waals surface area contributed by atoms with Gasteiger partial charge in [0, 0.05) is 10.4 Å². The molecule has 0 aliphatic heterocycles. The number of azo groups is 1. The van der Waals surface area contributed by atoms with Gasteiger partial charge in [0.05, 0.1) is 24.0 Å². The summed E-state index contributed by atoms with van der Waals surface area (Å²) in [6.45, 7) is 0. The second-order valence-corrected chi connectivity index (χ2v) is 7.11. The molecule has 4 aromatic rings. The van der Waals surface area contributed by atoms with Crippen molar-refractivity contribution >= 4 is 45.3 Å². The Hall–Kier alpha value is -3.90. The van der Waals surface area contributed by atoms with E-state index in [0.29, 0.717) is 27.5 Å². The van der Waals surface area contributed by atoms with Crippen LogP contribution in [0.3, 0.4) is 0 Å². The maximum atomic E-state index is 13.0. The van der Waals surface area contributed by atoms with E-state index in [9.17, 15) is 9.90 Å². The van der Waals surface area contributed by atoms with Crippen molar-refractivity contribution < 1.29 is 14.6 Å². The van der Waals surface area contributed by atoms with E-state index in [1.807, 2.05) is 24.3 Å². The number of nitrogens with one attached hydrogen (secondary N) is 1. The number of rotatable bonds is 5. The van der Waals surface area contributed by atoms with E-state index in [1.54, 1.807) is 54.6 Å². The zero-order valence-electron chi connectivity index (χ0n) is 16.5. The normalized spacial score (nSPS) is 11.0. The van der Waals surface area contributed by atoms with E-state index in [-0.39, 0.29) is 17.0 Å². The number of phenols is 1. The van der Waals surface area contributed by atoms with Gasteiger partial charge in [0.1, 0.15) is 11.4 Å². The third kappa shape index (κ3) is 4.34. The second-order valence-electron chi connectivity index (χ2n) is 6.68. The van der Waals surface area contributed by atoms with Gasteiger partial charge in [-0.1, -0.05) is 54.1 Å². The quantitative estimate of drug-likeness (QED) is 0.338. The minimum atomic E-state index is -0.494. The average Bonchev–Trinajstić information content (AvgIpc) is 2.78. The molecule has 0 heterocycles. The van der Waals surface area contributed by atoms with Gasteiger partial charge in [0.25, 0.3) is 5.91 Å². The van der Waals surface area contributed by atoms with Crippen LogP contribution in [0.5, 0.6) is 11.5 Å². The van der Waals surface area contributed by atoms with Gasteiger partial charge in [-0.2, -0.15) is 5.11 Å². The molecule has 0 spiro atoms. The number of methoxy groups -OCH3 is 1. The summed E-state index contributed by atoms with van der Waals surface area (Å²) >= 11 is 6.01. The van der Waals surface area contributed by atoms with Crippen LogP contribution in [0, 0.1) is 0 Å². The van der Waals surface area contributed by atoms with Gasteiger partial charge >= 0.3 is 0 Å². The molecule has 31 heavy (non-hydrogen) atoms. The van der Waals surface area contributed by atoms with Crippen molar-refractivity contribution in [1.82, 2.24) is 0 Å². The molecule has 0 unspecified atom stereocenters. The molecule has 0 bridgehead atoms. The van der Waals surface area contributed by atoms with Crippen molar-refractivity contribution in [3.8, 4) is 11.5 Å². The Balaban J connectivity index is 1.78. The fraction of sp³-hybridized carbons (Fsp3) is 0.0417. The molecule has 0 aliphatic rings. The average molecular weight is 432 g/mol. The fourth-order valence-electron chi connectivity index (χ4n) is 3.18. The molecule has 0 aliphatic carbocycles. The van der Waals surface area contributed by atoms with E-state index < -0.39 is 5.91 Å². The summed E-state index contributed by atoms with van der Waals surface area (Å²) in [5.74, 6) is -0.249. The molecule has 2 N–H and O–H groups in total. The maximum Gasteiger partial charge on any atom is 0.259 e. The second kappa shape index (κ2) is 8.85. The van der Waals surface area contributed by atoms with Gasteiger partial charge in [0.15, 0.2) is 5.75 Å². The lowest BCUT2D eigenvalue weighted by atomic mass is 10.0. The highest BCUT2D eigenvalue weighted by molar-refractivity contribution is 6.30. The molecule has 4 aromatic carbocycles. The Morgan fingerprint density at radius 1 is 0.968 bits per heavy atom. The van der Waals surface area contributed by atoms with Crippen LogP contribution < -0.4 is 10.1 Å². The van der Waals surface area contributed by atoms with Crippen molar-refractivity contribution in [2.75, 3.05) is 12.4 Å². The number of amides is 1. The number of para-hydroxylation sites is 2. The van der Waals surface area contributed by atoms with Gasteiger partial charge in [-0.25, -0.2) is 0 Å². The number of nitrogens with zero attached hydrogens (tertiary/aromatic N) is 2. The molecule has 6 nitrogen and oxygen atoms in total. The van der Waals surface area contributed by atoms with E-state index in [0.717, 1.165) is 5.39 Å². The fourth-order valence-corrected chi connectivity index (χ4v) is 3.36. The molecule has 0 saturated heterocycles. The van der Waals surface area contributed by atoms with Crippen LogP contribution in [0.15, 0.2) is 89.1 Å². The third-order valence-electron chi connectivity index (χ3n) is 4.67. The number of phenolic OH excluding ortho intramolecular Hbond substituents is 1. The predicted molar refractivity (Wildman–Crippen MR) is 122 cm³/mol. The standard InChI is InChI=1S/C24H18ClN3O3/c1-31-21-12-5-4-11-20(21)26-24(30)19-13-15-7-2-3-10-18(15)22(23(19)29)28-27-17-9-6-8-16(25)14-17/h2-14,29H,1H3,(H,26,30). The molecule has 0 fully saturated rings. The Bertz CT molecular complexity index is 1300. The summed E-state index contributed by atoms with van der Waals surface area (Å²) in [6.07, 6.45) is 0. The van der Waals surface area contributed by atoms with Gasteiger partial charge in [0.2, 0.25) is 0 Å². The van der Waals surface area contributed by atoms with E-state index in [4.69, 9.17) is 16.3 Å². The Morgan fingerprint density at radius 3 is 2.55 bits per heavy atom. The summed E-state index contributed by atoms with van der Waals surface area (Å²) in [6, 6.07) is 22.9. The lowest BCUT2D eigenvalue weighted by Crippen LogP contribution is -2.13. The van der Waals surface area contributed by atoms with Crippen LogP contribution in [-0.2, 0) is 0 Å². The highest BCUT2D eigenvalue weighted by atomic mass is 35.5. The Kier molecular flexibility index (Phi) is 5.82. The van der Waals surface area contributed by atoms with Crippen LogP contribution in [-0.4, -0.2) is 18.1 Å². The molecule has 4 rings (SSSR count). The number of anilines is 1. The van der Waals surface area contributed by atoms with Crippen LogP contribution in [0.2, 0.25) is 5.02 Å². The molecule has 154 valence electrons. The molecule has 0 aromatic heterocycles. The lowest BCUT2D eigenvalue weighted by Gasteiger charge is -2.13. The Labute approximate surface area is 183 Å². The Morgan fingerprint density at radius 2 is 1.74 bits per heavy atom. The first kappa shape index (κ1) is 20.4. The first-order chi connectivity index (χ1) is 15.1. The number of fused-ring (bicyclic) bond motifs is 1. The van der Waals surface area contributed by atoms with E-state index in [1.165, 1.54) is 7.11 Å². The maximum absolute atomic E-state index is 13.0. The minimum absolute atomic E-state index is 0.0738. The predicted octanol–water partition coefficient (Wildman–Crippen LogP) is 6.88. The van der Waals surface area contributed by atoms with Crippen molar-refractivity contribution in [2.24, 2.45) is 10.2 Å². The topological polar surface area (TPSA) is 83.3 Å². The lowest BCUT2D eigenvalue weighted by molar-refractivity contribution is 0.102. The van der Waals surface area contributed by atoms with Gasteiger partial charge in [-0.3, -0.25) is 4.79 Å². The van der Waals surface area contributed by atoms with E-state index >= 15 is 0 Å². The summed E-state index contributed by atoms with van der Waals surface area (Å²) < 4.78 is 5.28. The summed E-state index contributed by atoms with van der Waals surface area (Å²) in [5.41, 5.74) is 1.29. The van der Waals surface area contributed by atoms with Crippen molar-refractivity contribution in [3.05, 3.63) is 89.4 Å². The van der Waals surface area contributed by atoms with Crippen LogP contribution in [0.25, 0.3) is 10.8 Å². The molecule has 0 radical (unpaired) electrons. The number of halogens is 1. The van der Waals surface area contributed by atoms with Crippen molar-refractivity contribution in [3.63, 3.8) is 0 Å². The van der Waals surface area contributed by atoms with Crippen molar-refractivity contribution in [1.29, 1.82) is 0 Å². The molecular weight excluding hydrogens is 414 g/mol. The largest absolute Gasteiger partial charge is 0.505 e. The number of ether oxygens (including phenoxy) is 1. The number of hydrogen-bond acceptors (Lipinski definition) is 5. The zero-order valence-corrected chi connectivity index (χ0v) is 17.3. The molecular formula is C24H18ClN3O3. The van der Waals surface area contributed by atoms with E-state index in [2.05, 4.69) is 15.5 Å². The summed E-state index contributed by atoms with van der Waals surface area (Å²) in [5, 5.41) is 24.1. The number of hydrogen-bond donors (Lipinski definition) is 2. The molecule has 7 heteroatoms. The van der Waals surface area contributed by atoms with Gasteiger partial charge in [-0.15, -0.1) is 5.11 Å². The summed E-state index contributed by atoms with van der Waals surface area (Å²) in [4.78, 5) is 13.0. The molecule has 0 atom stereocenters. The van der Waals surface area contributed by atoms with Crippen LogP contribution in [0.1, 0.15) is 10.4 Å². The smallest absolute Gasteiger partial charge is 0.259 e. The van der Waals surface area contributed by atoms with Gasteiger partial charge < -0.3 is 15.2 Å². The monoisotopic (exact) mass is 431 g/mol. The first-order valence-corrected chi connectivity index (χ1v) is 9.81. The van der Waals surface area contributed by atoms with Crippen LogP contribution in [0.4, 0.5) is 17.1 Å². The number of carbonyl (C=O) groups is 1.